The maximum atomic E-state index is 12.0. The Balaban J connectivity index is 1.76. The molecule has 3 nitrogen and oxygen atoms in total. The molecule has 0 aliphatic carbocycles. The van der Waals surface area contributed by atoms with Crippen LogP contribution in [0.5, 0.6) is 0 Å². The molecule has 5 heteroatoms. The highest BCUT2D eigenvalue weighted by molar-refractivity contribution is 7.86. The van der Waals surface area contributed by atoms with E-state index in [-0.39, 0.29) is 11.5 Å². The fraction of sp³-hybridized carbons (Fsp3) is 0.294. The molecule has 0 saturated carbocycles. The minimum absolute atomic E-state index is 0.198. The third-order valence-corrected chi connectivity index (χ3v) is 4.90. The molecule has 2 aromatic rings. The van der Waals surface area contributed by atoms with E-state index >= 15 is 0 Å². The molecular weight excluding hydrogens is 320 g/mol. The molecule has 2 aromatic carbocycles. The average molecular weight is 339 g/mol. The molecule has 0 radical (unpaired) electrons. The van der Waals surface area contributed by atoms with Gasteiger partial charge in [0.1, 0.15) is 0 Å². The van der Waals surface area contributed by atoms with Gasteiger partial charge in [-0.25, -0.2) is 0 Å². The van der Waals surface area contributed by atoms with Crippen LogP contribution in [0.1, 0.15) is 24.0 Å². The van der Waals surface area contributed by atoms with Crippen LogP contribution in [0.4, 0.5) is 0 Å². The van der Waals surface area contributed by atoms with Crippen molar-refractivity contribution in [1.82, 2.24) is 0 Å². The number of unbranched alkanes of at least 4 members (excludes halogenated alkanes) is 1. The fourth-order valence-electron chi connectivity index (χ4n) is 2.02. The molecule has 0 aromatic heterocycles. The molecule has 0 fully saturated rings. The summed E-state index contributed by atoms with van der Waals surface area (Å²) in [5.74, 6) is 0. The lowest BCUT2D eigenvalue weighted by atomic mass is 10.1. The first kappa shape index (κ1) is 17.0. The van der Waals surface area contributed by atoms with Gasteiger partial charge in [-0.2, -0.15) is 8.42 Å². The topological polar surface area (TPSA) is 43.4 Å². The molecule has 0 atom stereocenters. The third-order valence-electron chi connectivity index (χ3n) is 3.32. The molecule has 0 spiro atoms. The highest BCUT2D eigenvalue weighted by Gasteiger charge is 2.14. The maximum absolute atomic E-state index is 12.0. The minimum Gasteiger partial charge on any atom is -0.266 e. The van der Waals surface area contributed by atoms with Crippen molar-refractivity contribution < 1.29 is 12.6 Å². The number of hydrogen-bond acceptors (Lipinski definition) is 3. The molecule has 0 bridgehead atoms. The predicted molar refractivity (Wildman–Crippen MR) is 88.7 cm³/mol. The highest BCUT2D eigenvalue weighted by atomic mass is 35.5. The molecule has 0 N–H and O–H groups in total. The predicted octanol–water partition coefficient (Wildman–Crippen LogP) is 4.38. The summed E-state index contributed by atoms with van der Waals surface area (Å²) in [5, 5.41) is 0.719. The summed E-state index contributed by atoms with van der Waals surface area (Å²) in [5.41, 5.74) is 2.20. The second-order valence-corrected chi connectivity index (χ2v) is 7.22. The van der Waals surface area contributed by atoms with Crippen molar-refractivity contribution >= 4 is 21.7 Å². The average Bonchev–Trinajstić information content (AvgIpc) is 2.49. The van der Waals surface area contributed by atoms with Gasteiger partial charge in [-0.3, -0.25) is 4.18 Å². The molecule has 0 saturated heterocycles. The largest absolute Gasteiger partial charge is 0.296 e. The molecule has 0 aliphatic rings. The Kier molecular flexibility index (Phi) is 6.00. The quantitative estimate of drug-likeness (QED) is 0.556. The van der Waals surface area contributed by atoms with Crippen LogP contribution in [-0.2, 0) is 20.7 Å². The van der Waals surface area contributed by atoms with Gasteiger partial charge >= 0.3 is 0 Å². The van der Waals surface area contributed by atoms with E-state index in [0.717, 1.165) is 23.4 Å². The van der Waals surface area contributed by atoms with E-state index in [2.05, 4.69) is 0 Å². The summed E-state index contributed by atoms with van der Waals surface area (Å²) in [6, 6.07) is 14.3. The van der Waals surface area contributed by atoms with Gasteiger partial charge in [0.25, 0.3) is 10.1 Å². The molecule has 118 valence electrons. The Morgan fingerprint density at radius 3 is 2.23 bits per heavy atom. The number of rotatable bonds is 7. The van der Waals surface area contributed by atoms with Crippen LogP contribution >= 0.6 is 11.6 Å². The summed E-state index contributed by atoms with van der Waals surface area (Å²) in [7, 11) is -3.65. The zero-order chi connectivity index (χ0) is 16.0. The number of hydrogen-bond donors (Lipinski definition) is 0. The maximum Gasteiger partial charge on any atom is 0.296 e. The molecule has 0 amide bonds. The summed E-state index contributed by atoms with van der Waals surface area (Å²) in [4.78, 5) is 0.204. The highest BCUT2D eigenvalue weighted by Crippen LogP contribution is 2.15. The summed E-state index contributed by atoms with van der Waals surface area (Å²) in [6.45, 7) is 2.11. The van der Waals surface area contributed by atoms with Gasteiger partial charge in [-0.1, -0.05) is 41.4 Å². The van der Waals surface area contributed by atoms with Gasteiger partial charge in [0.2, 0.25) is 0 Å². The summed E-state index contributed by atoms with van der Waals surface area (Å²) in [6.07, 6.45) is 2.43. The van der Waals surface area contributed by atoms with Gasteiger partial charge in [0.15, 0.2) is 0 Å². The zero-order valence-electron chi connectivity index (χ0n) is 12.5. The first-order valence-corrected chi connectivity index (χ1v) is 8.96. The lowest BCUT2D eigenvalue weighted by Gasteiger charge is -2.06. The molecule has 2 rings (SSSR count). The van der Waals surface area contributed by atoms with E-state index in [1.165, 1.54) is 5.56 Å². The van der Waals surface area contributed by atoms with E-state index in [4.69, 9.17) is 15.8 Å². The Morgan fingerprint density at radius 2 is 1.59 bits per heavy atom. The van der Waals surface area contributed by atoms with Crippen molar-refractivity contribution in [3.63, 3.8) is 0 Å². The molecular formula is C17H19ClO3S. The van der Waals surface area contributed by atoms with Crippen molar-refractivity contribution in [1.29, 1.82) is 0 Å². The normalized spacial score (nSPS) is 11.5. The van der Waals surface area contributed by atoms with Gasteiger partial charge in [-0.15, -0.1) is 0 Å². The van der Waals surface area contributed by atoms with Crippen molar-refractivity contribution in [3.8, 4) is 0 Å². The summed E-state index contributed by atoms with van der Waals surface area (Å²) < 4.78 is 29.0. The smallest absolute Gasteiger partial charge is 0.266 e. The van der Waals surface area contributed by atoms with Crippen LogP contribution < -0.4 is 0 Å². The van der Waals surface area contributed by atoms with Crippen LogP contribution in [0.25, 0.3) is 0 Å². The molecule has 0 heterocycles. The van der Waals surface area contributed by atoms with Crippen LogP contribution in [-0.4, -0.2) is 15.0 Å². The first-order chi connectivity index (χ1) is 10.5. The SMILES string of the molecule is Cc1ccc(S(=O)(=O)OCCCCc2ccc(Cl)cc2)cc1. The van der Waals surface area contributed by atoms with E-state index in [9.17, 15) is 8.42 Å². The fourth-order valence-corrected chi connectivity index (χ4v) is 3.09. The zero-order valence-corrected chi connectivity index (χ0v) is 14.0. The monoisotopic (exact) mass is 338 g/mol. The number of benzene rings is 2. The van der Waals surface area contributed by atoms with Crippen LogP contribution in [0.15, 0.2) is 53.4 Å². The van der Waals surface area contributed by atoms with Crippen molar-refractivity contribution in [2.45, 2.75) is 31.1 Å². The van der Waals surface area contributed by atoms with Gasteiger partial charge in [-0.05, 0) is 56.0 Å². The van der Waals surface area contributed by atoms with Crippen molar-refractivity contribution in [3.05, 3.63) is 64.7 Å². The Morgan fingerprint density at radius 1 is 0.955 bits per heavy atom. The van der Waals surface area contributed by atoms with E-state index in [0.29, 0.717) is 6.42 Å². The van der Waals surface area contributed by atoms with Gasteiger partial charge in [0.05, 0.1) is 11.5 Å². The Labute approximate surface area is 137 Å². The van der Waals surface area contributed by atoms with Gasteiger partial charge in [0, 0.05) is 5.02 Å². The van der Waals surface area contributed by atoms with E-state index in [1.54, 1.807) is 24.3 Å². The standard InChI is InChI=1S/C17H19ClO3S/c1-14-5-11-17(12-6-14)22(19,20)21-13-3-2-4-15-7-9-16(18)10-8-15/h5-12H,2-4,13H2,1H3. The van der Waals surface area contributed by atoms with Crippen molar-refractivity contribution in [2.75, 3.05) is 6.61 Å². The lowest BCUT2D eigenvalue weighted by molar-refractivity contribution is 0.308. The second kappa shape index (κ2) is 7.77. The molecule has 0 unspecified atom stereocenters. The second-order valence-electron chi connectivity index (χ2n) is 5.17. The summed E-state index contributed by atoms with van der Waals surface area (Å²) >= 11 is 5.83. The van der Waals surface area contributed by atoms with E-state index < -0.39 is 10.1 Å². The third kappa shape index (κ3) is 5.13. The lowest BCUT2D eigenvalue weighted by Crippen LogP contribution is -2.07. The molecule has 22 heavy (non-hydrogen) atoms. The Bertz CT molecular complexity index is 692. The van der Waals surface area contributed by atoms with Crippen LogP contribution in [0.2, 0.25) is 5.02 Å². The Hall–Kier alpha value is -1.36. The first-order valence-electron chi connectivity index (χ1n) is 7.18. The van der Waals surface area contributed by atoms with Crippen LogP contribution in [0, 0.1) is 6.92 Å². The van der Waals surface area contributed by atoms with Crippen LogP contribution in [0.3, 0.4) is 0 Å². The van der Waals surface area contributed by atoms with E-state index in [1.807, 2.05) is 31.2 Å². The minimum atomic E-state index is -3.65. The van der Waals surface area contributed by atoms with Gasteiger partial charge < -0.3 is 0 Å². The molecule has 0 aliphatic heterocycles. The van der Waals surface area contributed by atoms with Crippen molar-refractivity contribution in [2.24, 2.45) is 0 Å². The number of halogens is 1. The number of aryl methyl sites for hydroxylation is 2.